The molecular formula is C29H30N4O3. The first-order valence-electron chi connectivity index (χ1n) is 12.5. The molecule has 1 heterocycles. The van der Waals surface area contributed by atoms with Crippen molar-refractivity contribution in [3.8, 4) is 17.4 Å². The maximum absolute atomic E-state index is 13.4. The van der Waals surface area contributed by atoms with E-state index < -0.39 is 0 Å². The zero-order valence-corrected chi connectivity index (χ0v) is 20.2. The number of carbonyl (C=O) groups is 1. The van der Waals surface area contributed by atoms with Crippen LogP contribution in [0.2, 0.25) is 0 Å². The molecule has 7 nitrogen and oxygen atoms in total. The minimum Gasteiger partial charge on any atom is -0.470 e. The van der Waals surface area contributed by atoms with Gasteiger partial charge in [0.2, 0.25) is 0 Å². The summed E-state index contributed by atoms with van der Waals surface area (Å²) in [4.78, 5) is 13.4. The predicted molar refractivity (Wildman–Crippen MR) is 138 cm³/mol. The number of hydrogen-bond acceptors (Lipinski definition) is 5. The van der Waals surface area contributed by atoms with Crippen LogP contribution in [-0.4, -0.2) is 20.9 Å². The van der Waals surface area contributed by atoms with Crippen LogP contribution in [0.15, 0.2) is 84.9 Å². The molecule has 1 saturated carbocycles. The molecule has 1 aliphatic carbocycles. The quantitative estimate of drug-likeness (QED) is 0.295. The SMILES string of the molecule is O=C(Nc1ccc(Oc2ccccc2)cc1)c1c(OCc2ccccc2)nnn1CC1CCCCC1. The smallest absolute Gasteiger partial charge is 0.279 e. The van der Waals surface area contributed by atoms with Gasteiger partial charge in [-0.2, -0.15) is 0 Å². The molecule has 0 saturated heterocycles. The third-order valence-corrected chi connectivity index (χ3v) is 6.38. The molecular weight excluding hydrogens is 452 g/mol. The first-order valence-corrected chi connectivity index (χ1v) is 12.5. The molecule has 4 aromatic rings. The standard InChI is InChI=1S/C29H30N4O3/c34-28(30-24-16-18-26(19-17-24)36-25-14-8-3-9-15-25)27-29(35-21-23-12-6-2-7-13-23)31-32-33(27)20-22-10-4-1-5-11-22/h2-3,6-9,12-19,22H,1,4-5,10-11,20-21H2,(H,30,34). The Morgan fingerprint density at radius 1 is 0.861 bits per heavy atom. The second kappa shape index (κ2) is 11.5. The highest BCUT2D eigenvalue weighted by Crippen LogP contribution is 2.28. The van der Waals surface area contributed by atoms with Crippen molar-refractivity contribution in [1.82, 2.24) is 15.0 Å². The summed E-state index contributed by atoms with van der Waals surface area (Å²) in [5, 5.41) is 11.5. The van der Waals surface area contributed by atoms with Gasteiger partial charge in [0.05, 0.1) is 0 Å². The lowest BCUT2D eigenvalue weighted by Crippen LogP contribution is -2.22. The number of anilines is 1. The van der Waals surface area contributed by atoms with Gasteiger partial charge in [0.15, 0.2) is 5.69 Å². The van der Waals surface area contributed by atoms with Crippen LogP contribution < -0.4 is 14.8 Å². The van der Waals surface area contributed by atoms with Gasteiger partial charge in [-0.05, 0) is 60.7 Å². The topological polar surface area (TPSA) is 78.3 Å². The van der Waals surface area contributed by atoms with Gasteiger partial charge < -0.3 is 14.8 Å². The molecule has 0 radical (unpaired) electrons. The zero-order chi connectivity index (χ0) is 24.6. The van der Waals surface area contributed by atoms with Crippen LogP contribution in [0.25, 0.3) is 0 Å². The maximum Gasteiger partial charge on any atom is 0.279 e. The highest BCUT2D eigenvalue weighted by molar-refractivity contribution is 6.04. The average molecular weight is 483 g/mol. The summed E-state index contributed by atoms with van der Waals surface area (Å²) >= 11 is 0. The molecule has 1 aromatic heterocycles. The fraction of sp³-hybridized carbons (Fsp3) is 0.276. The van der Waals surface area contributed by atoms with Crippen molar-refractivity contribution in [2.45, 2.75) is 45.3 Å². The molecule has 5 rings (SSSR count). The van der Waals surface area contributed by atoms with Gasteiger partial charge >= 0.3 is 0 Å². The molecule has 0 unspecified atom stereocenters. The lowest BCUT2D eigenvalue weighted by Gasteiger charge is -2.21. The Bertz CT molecular complexity index is 1250. The van der Waals surface area contributed by atoms with E-state index in [2.05, 4.69) is 15.6 Å². The van der Waals surface area contributed by atoms with Crippen molar-refractivity contribution in [1.29, 1.82) is 0 Å². The highest BCUT2D eigenvalue weighted by Gasteiger charge is 2.25. The molecule has 0 spiro atoms. The molecule has 7 heteroatoms. The van der Waals surface area contributed by atoms with Gasteiger partial charge in [-0.3, -0.25) is 4.79 Å². The number of rotatable bonds is 9. The molecule has 36 heavy (non-hydrogen) atoms. The fourth-order valence-corrected chi connectivity index (χ4v) is 4.50. The number of hydrogen-bond donors (Lipinski definition) is 1. The minimum absolute atomic E-state index is 0.246. The number of para-hydroxylation sites is 1. The van der Waals surface area contributed by atoms with Crippen LogP contribution in [0.1, 0.15) is 48.2 Å². The van der Waals surface area contributed by atoms with Crippen LogP contribution >= 0.6 is 0 Å². The normalized spacial score (nSPS) is 13.8. The summed E-state index contributed by atoms with van der Waals surface area (Å²) in [5.74, 6) is 1.89. The first kappa shape index (κ1) is 23.6. The van der Waals surface area contributed by atoms with Crippen molar-refractivity contribution in [2.75, 3.05) is 5.32 Å². The Morgan fingerprint density at radius 3 is 2.25 bits per heavy atom. The van der Waals surface area contributed by atoms with E-state index in [1.54, 1.807) is 4.68 Å². The van der Waals surface area contributed by atoms with Crippen LogP contribution in [0.4, 0.5) is 5.69 Å². The van der Waals surface area contributed by atoms with Crippen molar-refractivity contribution in [2.24, 2.45) is 5.92 Å². The van der Waals surface area contributed by atoms with Crippen molar-refractivity contribution in [3.05, 3.63) is 96.2 Å². The third-order valence-electron chi connectivity index (χ3n) is 6.38. The predicted octanol–water partition coefficient (Wildman–Crippen LogP) is 6.48. The zero-order valence-electron chi connectivity index (χ0n) is 20.2. The van der Waals surface area contributed by atoms with Crippen LogP contribution in [0, 0.1) is 5.92 Å². The van der Waals surface area contributed by atoms with E-state index in [1.165, 1.54) is 19.3 Å². The summed E-state index contributed by atoms with van der Waals surface area (Å²) in [6, 6.07) is 26.7. The lowest BCUT2D eigenvalue weighted by atomic mass is 9.89. The number of nitrogens with one attached hydrogen (secondary N) is 1. The summed E-state index contributed by atoms with van der Waals surface area (Å²) in [6.45, 7) is 0.975. The Labute approximate surface area is 211 Å². The Kier molecular flexibility index (Phi) is 7.56. The van der Waals surface area contributed by atoms with Crippen molar-refractivity contribution in [3.63, 3.8) is 0 Å². The summed E-state index contributed by atoms with van der Waals surface area (Å²) in [7, 11) is 0. The number of amides is 1. The summed E-state index contributed by atoms with van der Waals surface area (Å²) in [6.07, 6.45) is 6.00. The van der Waals surface area contributed by atoms with E-state index >= 15 is 0 Å². The van der Waals surface area contributed by atoms with Gasteiger partial charge in [-0.15, -0.1) is 0 Å². The van der Waals surface area contributed by atoms with E-state index in [9.17, 15) is 4.79 Å². The third kappa shape index (κ3) is 6.10. The van der Waals surface area contributed by atoms with E-state index in [1.807, 2.05) is 84.9 Å². The Balaban J connectivity index is 1.31. The largest absolute Gasteiger partial charge is 0.470 e. The van der Waals surface area contributed by atoms with Crippen LogP contribution in [0.3, 0.4) is 0 Å². The number of aromatic nitrogens is 3. The van der Waals surface area contributed by atoms with Crippen LogP contribution in [-0.2, 0) is 13.2 Å². The summed E-state index contributed by atoms with van der Waals surface area (Å²) in [5.41, 5.74) is 2.00. The Hall–Kier alpha value is -4.13. The first-order chi connectivity index (χ1) is 17.7. The van der Waals surface area contributed by atoms with Gasteiger partial charge in [-0.25, -0.2) is 4.68 Å². The fourth-order valence-electron chi connectivity index (χ4n) is 4.50. The molecule has 1 N–H and O–H groups in total. The number of benzene rings is 3. The van der Waals surface area contributed by atoms with Gasteiger partial charge in [-0.1, -0.05) is 78.1 Å². The van der Waals surface area contributed by atoms with E-state index in [-0.39, 0.29) is 11.8 Å². The molecule has 0 atom stereocenters. The second-order valence-electron chi connectivity index (χ2n) is 9.10. The van der Waals surface area contributed by atoms with Gasteiger partial charge in [0, 0.05) is 12.2 Å². The minimum atomic E-state index is -0.296. The highest BCUT2D eigenvalue weighted by atomic mass is 16.5. The van der Waals surface area contributed by atoms with Crippen molar-refractivity contribution < 1.29 is 14.3 Å². The number of ether oxygens (including phenoxy) is 2. The maximum atomic E-state index is 13.4. The van der Waals surface area contributed by atoms with E-state index in [4.69, 9.17) is 9.47 Å². The van der Waals surface area contributed by atoms with E-state index in [0.29, 0.717) is 36.2 Å². The average Bonchev–Trinajstić information content (AvgIpc) is 3.33. The molecule has 1 fully saturated rings. The number of nitrogens with zero attached hydrogens (tertiary/aromatic N) is 3. The van der Waals surface area contributed by atoms with E-state index in [0.717, 1.165) is 24.2 Å². The van der Waals surface area contributed by atoms with Crippen LogP contribution in [0.5, 0.6) is 17.4 Å². The molecule has 1 amide bonds. The van der Waals surface area contributed by atoms with Crippen molar-refractivity contribution >= 4 is 11.6 Å². The monoisotopic (exact) mass is 482 g/mol. The number of carbonyl (C=O) groups excluding carboxylic acids is 1. The molecule has 1 aliphatic rings. The molecule has 0 bridgehead atoms. The summed E-state index contributed by atoms with van der Waals surface area (Å²) < 4.78 is 13.5. The van der Waals surface area contributed by atoms with Gasteiger partial charge in [0.1, 0.15) is 18.1 Å². The molecule has 0 aliphatic heterocycles. The molecule has 3 aromatic carbocycles. The Morgan fingerprint density at radius 2 is 1.53 bits per heavy atom. The molecule has 184 valence electrons. The second-order valence-corrected chi connectivity index (χ2v) is 9.10. The lowest BCUT2D eigenvalue weighted by molar-refractivity contribution is 0.101. The van der Waals surface area contributed by atoms with Gasteiger partial charge in [0.25, 0.3) is 11.8 Å².